The van der Waals surface area contributed by atoms with Gasteiger partial charge in [0, 0.05) is 10.5 Å². The van der Waals surface area contributed by atoms with E-state index in [4.69, 9.17) is 17.0 Å². The predicted molar refractivity (Wildman–Crippen MR) is 75.4 cm³/mol. The molecule has 4 nitrogen and oxygen atoms in total. The van der Waals surface area contributed by atoms with Crippen molar-refractivity contribution in [1.29, 1.82) is 0 Å². The van der Waals surface area contributed by atoms with E-state index in [2.05, 4.69) is 30.7 Å². The van der Waals surface area contributed by atoms with Crippen LogP contribution in [0.25, 0.3) is 11.4 Å². The molecule has 1 aliphatic rings. The van der Waals surface area contributed by atoms with E-state index >= 15 is 0 Å². The molecule has 1 N–H and O–H groups in total. The van der Waals surface area contributed by atoms with E-state index < -0.39 is 0 Å². The smallest absolute Gasteiger partial charge is 0.195 e. The third kappa shape index (κ3) is 1.99. The zero-order valence-electron chi connectivity index (χ0n) is 9.81. The van der Waals surface area contributed by atoms with Crippen LogP contribution >= 0.6 is 28.1 Å². The monoisotopic (exact) mass is 325 g/mol. The van der Waals surface area contributed by atoms with E-state index in [9.17, 15) is 0 Å². The first-order valence-electron chi connectivity index (χ1n) is 5.71. The highest BCUT2D eigenvalue weighted by atomic mass is 79.9. The van der Waals surface area contributed by atoms with Crippen molar-refractivity contribution < 1.29 is 4.74 Å². The Kier molecular flexibility index (Phi) is 2.99. The van der Waals surface area contributed by atoms with Gasteiger partial charge in [-0.15, -0.1) is 0 Å². The molecule has 3 rings (SSSR count). The van der Waals surface area contributed by atoms with E-state index in [1.807, 2.05) is 18.2 Å². The van der Waals surface area contributed by atoms with Crippen molar-refractivity contribution in [2.24, 2.45) is 0 Å². The minimum absolute atomic E-state index is 0.486. The molecule has 0 unspecified atom stereocenters. The molecule has 0 bridgehead atoms. The first kappa shape index (κ1) is 11.9. The van der Waals surface area contributed by atoms with Crippen LogP contribution in [-0.2, 0) is 0 Å². The van der Waals surface area contributed by atoms with Crippen LogP contribution in [0.3, 0.4) is 0 Å². The summed E-state index contributed by atoms with van der Waals surface area (Å²) in [6.07, 6.45) is 2.33. The van der Waals surface area contributed by atoms with Gasteiger partial charge in [0.25, 0.3) is 0 Å². The van der Waals surface area contributed by atoms with Gasteiger partial charge in [-0.05, 0) is 43.3 Å². The SMILES string of the molecule is COc1cc(Br)ccc1-c1n[nH]c(=S)n1C1CC1. The van der Waals surface area contributed by atoms with Crippen LogP contribution in [0.2, 0.25) is 0 Å². The largest absolute Gasteiger partial charge is 0.496 e. The average Bonchev–Trinajstić information content (AvgIpc) is 3.13. The topological polar surface area (TPSA) is 42.8 Å². The molecule has 0 atom stereocenters. The fourth-order valence-electron chi connectivity index (χ4n) is 2.02. The van der Waals surface area contributed by atoms with Crippen molar-refractivity contribution in [3.05, 3.63) is 27.4 Å². The highest BCUT2D eigenvalue weighted by molar-refractivity contribution is 9.10. The lowest BCUT2D eigenvalue weighted by Gasteiger charge is -2.09. The Labute approximate surface area is 118 Å². The van der Waals surface area contributed by atoms with Crippen LogP contribution in [0, 0.1) is 4.77 Å². The summed E-state index contributed by atoms with van der Waals surface area (Å²) in [5.74, 6) is 1.65. The lowest BCUT2D eigenvalue weighted by atomic mass is 10.2. The Balaban J connectivity index is 2.18. The number of hydrogen-bond acceptors (Lipinski definition) is 3. The lowest BCUT2D eigenvalue weighted by Crippen LogP contribution is -1.99. The number of nitrogens with one attached hydrogen (secondary N) is 1. The molecule has 2 aromatic rings. The van der Waals surface area contributed by atoms with E-state index in [0.717, 1.165) is 21.6 Å². The van der Waals surface area contributed by atoms with Crippen LogP contribution < -0.4 is 4.74 Å². The van der Waals surface area contributed by atoms with Gasteiger partial charge in [0.15, 0.2) is 10.6 Å². The molecule has 1 heterocycles. The van der Waals surface area contributed by atoms with Crippen molar-refractivity contribution >= 4 is 28.1 Å². The predicted octanol–water partition coefficient (Wildman–Crippen LogP) is 3.71. The fraction of sp³-hybridized carbons (Fsp3) is 0.333. The summed E-state index contributed by atoms with van der Waals surface area (Å²) in [4.78, 5) is 0. The quantitative estimate of drug-likeness (QED) is 0.875. The normalized spacial score (nSPS) is 14.8. The summed E-state index contributed by atoms with van der Waals surface area (Å²) in [5, 5.41) is 7.21. The summed E-state index contributed by atoms with van der Waals surface area (Å²) in [6.45, 7) is 0. The van der Waals surface area contributed by atoms with Gasteiger partial charge in [0.2, 0.25) is 0 Å². The molecule has 1 aromatic heterocycles. The number of hydrogen-bond donors (Lipinski definition) is 1. The zero-order valence-corrected chi connectivity index (χ0v) is 12.2. The first-order valence-corrected chi connectivity index (χ1v) is 6.91. The van der Waals surface area contributed by atoms with Crippen molar-refractivity contribution in [3.8, 4) is 17.1 Å². The van der Waals surface area contributed by atoms with Crippen LogP contribution in [0.4, 0.5) is 0 Å². The Morgan fingerprint density at radius 3 is 2.94 bits per heavy atom. The summed E-state index contributed by atoms with van der Waals surface area (Å²) in [5.41, 5.74) is 0.958. The Bertz CT molecular complexity index is 645. The second kappa shape index (κ2) is 4.51. The molecule has 0 radical (unpaired) electrons. The number of benzene rings is 1. The van der Waals surface area contributed by atoms with Gasteiger partial charge in [0.1, 0.15) is 5.75 Å². The standard InChI is InChI=1S/C12H12BrN3OS/c1-17-10-6-7(13)2-5-9(10)11-14-15-12(18)16(11)8-3-4-8/h2,5-6,8H,3-4H2,1H3,(H,15,18). The van der Waals surface area contributed by atoms with Gasteiger partial charge in [-0.3, -0.25) is 9.67 Å². The van der Waals surface area contributed by atoms with Crippen LogP contribution in [0.1, 0.15) is 18.9 Å². The van der Waals surface area contributed by atoms with Gasteiger partial charge >= 0.3 is 0 Å². The second-order valence-corrected chi connectivity index (χ2v) is 5.60. The molecule has 0 amide bonds. The van der Waals surface area contributed by atoms with Crippen LogP contribution in [0.15, 0.2) is 22.7 Å². The Morgan fingerprint density at radius 1 is 1.50 bits per heavy atom. The molecule has 18 heavy (non-hydrogen) atoms. The summed E-state index contributed by atoms with van der Waals surface area (Å²) >= 11 is 8.73. The number of halogens is 1. The number of H-pyrrole nitrogens is 1. The van der Waals surface area contributed by atoms with Crippen molar-refractivity contribution in [2.45, 2.75) is 18.9 Å². The molecule has 0 saturated heterocycles. The molecule has 1 aliphatic carbocycles. The van der Waals surface area contributed by atoms with Crippen molar-refractivity contribution in [3.63, 3.8) is 0 Å². The Morgan fingerprint density at radius 2 is 2.28 bits per heavy atom. The van der Waals surface area contributed by atoms with Crippen LogP contribution in [-0.4, -0.2) is 21.9 Å². The molecule has 0 spiro atoms. The maximum Gasteiger partial charge on any atom is 0.195 e. The van der Waals surface area contributed by atoms with Crippen molar-refractivity contribution in [1.82, 2.24) is 14.8 Å². The fourth-order valence-corrected chi connectivity index (χ4v) is 2.64. The number of ether oxygens (including phenoxy) is 1. The molecular weight excluding hydrogens is 314 g/mol. The van der Waals surface area contributed by atoms with Gasteiger partial charge in [0.05, 0.1) is 12.7 Å². The zero-order chi connectivity index (χ0) is 12.7. The van der Waals surface area contributed by atoms with E-state index in [1.165, 1.54) is 12.8 Å². The number of methoxy groups -OCH3 is 1. The minimum atomic E-state index is 0.486. The third-order valence-electron chi connectivity index (χ3n) is 3.02. The minimum Gasteiger partial charge on any atom is -0.496 e. The number of aromatic amines is 1. The number of rotatable bonds is 3. The summed E-state index contributed by atoms with van der Waals surface area (Å²) in [7, 11) is 1.66. The molecule has 1 aromatic carbocycles. The molecule has 6 heteroatoms. The number of aromatic nitrogens is 3. The average molecular weight is 326 g/mol. The van der Waals surface area contributed by atoms with Crippen LogP contribution in [0.5, 0.6) is 5.75 Å². The Hall–Kier alpha value is -1.14. The first-order chi connectivity index (χ1) is 8.70. The lowest BCUT2D eigenvalue weighted by molar-refractivity contribution is 0.415. The van der Waals surface area contributed by atoms with Crippen molar-refractivity contribution in [2.75, 3.05) is 7.11 Å². The molecular formula is C12H12BrN3OS. The summed E-state index contributed by atoms with van der Waals surface area (Å²) < 4.78 is 9.16. The van der Waals surface area contributed by atoms with Gasteiger partial charge in [-0.1, -0.05) is 15.9 Å². The van der Waals surface area contributed by atoms with E-state index in [1.54, 1.807) is 7.11 Å². The van der Waals surface area contributed by atoms with E-state index in [-0.39, 0.29) is 0 Å². The molecule has 1 saturated carbocycles. The third-order valence-corrected chi connectivity index (χ3v) is 3.80. The van der Waals surface area contributed by atoms with Gasteiger partial charge in [-0.2, -0.15) is 5.10 Å². The maximum atomic E-state index is 5.41. The molecule has 0 aliphatic heterocycles. The second-order valence-electron chi connectivity index (χ2n) is 4.30. The maximum absolute atomic E-state index is 5.41. The number of nitrogens with zero attached hydrogens (tertiary/aromatic N) is 2. The summed E-state index contributed by atoms with van der Waals surface area (Å²) in [6, 6.07) is 6.39. The highest BCUT2D eigenvalue weighted by Crippen LogP contribution is 2.40. The molecule has 94 valence electrons. The van der Waals surface area contributed by atoms with E-state index in [0.29, 0.717) is 10.8 Å². The van der Waals surface area contributed by atoms with Gasteiger partial charge < -0.3 is 4.74 Å². The molecule has 1 fully saturated rings. The van der Waals surface area contributed by atoms with Gasteiger partial charge in [-0.25, -0.2) is 0 Å². The highest BCUT2D eigenvalue weighted by Gasteiger charge is 2.28.